The van der Waals surface area contributed by atoms with Gasteiger partial charge in [-0.25, -0.2) is 0 Å². The van der Waals surface area contributed by atoms with Gasteiger partial charge in [0.1, 0.15) is 0 Å². The first-order chi connectivity index (χ1) is 13.5. The van der Waals surface area contributed by atoms with Crippen molar-refractivity contribution in [3.63, 3.8) is 0 Å². The quantitative estimate of drug-likeness (QED) is 0.265. The molecular formula is C24H36O3S. The summed E-state index contributed by atoms with van der Waals surface area (Å²) in [5, 5.41) is 1.95. The van der Waals surface area contributed by atoms with Crippen molar-refractivity contribution in [2.45, 2.75) is 95.3 Å². The van der Waals surface area contributed by atoms with Crippen LogP contribution in [0.5, 0.6) is 0 Å². The number of hydrogen-bond donors (Lipinski definition) is 1. The van der Waals surface area contributed by atoms with Gasteiger partial charge in [-0.2, -0.15) is 8.42 Å². The van der Waals surface area contributed by atoms with E-state index >= 15 is 0 Å². The Morgan fingerprint density at radius 2 is 1.29 bits per heavy atom. The second kappa shape index (κ2) is 12.2. The molecular weight excluding hydrogens is 368 g/mol. The highest BCUT2D eigenvalue weighted by Gasteiger charge is 2.13. The molecule has 0 unspecified atom stereocenters. The summed E-state index contributed by atoms with van der Waals surface area (Å²) in [5.74, 6) is 0. The lowest BCUT2D eigenvalue weighted by molar-refractivity contribution is 0.483. The zero-order valence-corrected chi connectivity index (χ0v) is 18.1. The number of unbranched alkanes of at least 4 members (excludes halogenated alkanes) is 11. The van der Waals surface area contributed by atoms with Gasteiger partial charge in [-0.05, 0) is 41.3 Å². The molecule has 0 fully saturated rings. The van der Waals surface area contributed by atoms with Gasteiger partial charge >= 0.3 is 0 Å². The molecule has 2 aromatic carbocycles. The van der Waals surface area contributed by atoms with Crippen molar-refractivity contribution in [1.29, 1.82) is 0 Å². The average Bonchev–Trinajstić information content (AvgIpc) is 2.68. The molecule has 0 saturated carbocycles. The largest absolute Gasteiger partial charge is 0.294 e. The first-order valence-corrected chi connectivity index (χ1v) is 12.5. The molecule has 2 rings (SSSR count). The Morgan fingerprint density at radius 1 is 0.750 bits per heavy atom. The molecule has 0 aromatic heterocycles. The van der Waals surface area contributed by atoms with Crippen LogP contribution in [0.15, 0.2) is 41.3 Å². The third-order valence-electron chi connectivity index (χ3n) is 5.52. The molecule has 0 heterocycles. The summed E-state index contributed by atoms with van der Waals surface area (Å²) in [7, 11) is -4.17. The third kappa shape index (κ3) is 7.92. The first-order valence-electron chi connectivity index (χ1n) is 11.0. The van der Waals surface area contributed by atoms with Gasteiger partial charge < -0.3 is 0 Å². The van der Waals surface area contributed by atoms with E-state index in [1.165, 1.54) is 70.6 Å². The molecule has 0 radical (unpaired) electrons. The summed E-state index contributed by atoms with van der Waals surface area (Å²) < 4.78 is 32.5. The van der Waals surface area contributed by atoms with Crippen LogP contribution in [-0.2, 0) is 16.5 Å². The summed E-state index contributed by atoms with van der Waals surface area (Å²) >= 11 is 0. The maximum atomic E-state index is 11.6. The predicted octanol–water partition coefficient (Wildman–Crippen LogP) is 7.33. The van der Waals surface area contributed by atoms with Crippen molar-refractivity contribution in [2.75, 3.05) is 0 Å². The molecule has 1 N–H and O–H groups in total. The first kappa shape index (κ1) is 22.9. The van der Waals surface area contributed by atoms with E-state index in [-0.39, 0.29) is 4.90 Å². The highest BCUT2D eigenvalue weighted by Crippen LogP contribution is 2.25. The molecule has 0 atom stereocenters. The molecule has 4 heteroatoms. The third-order valence-corrected chi connectivity index (χ3v) is 6.35. The minimum absolute atomic E-state index is 0.000127. The fraction of sp³-hybridized carbons (Fsp3) is 0.583. The maximum absolute atomic E-state index is 11.6. The van der Waals surface area contributed by atoms with Crippen LogP contribution in [-0.4, -0.2) is 13.0 Å². The second-order valence-electron chi connectivity index (χ2n) is 7.92. The standard InChI is InChI=1S/C24H36O3S/c1-2-3-4-5-6-7-8-9-10-11-12-13-16-21-19-23(28(25,26)27)20-22-17-14-15-18-24(21)22/h14-15,17-20H,2-13,16H2,1H3,(H,25,26,27). The highest BCUT2D eigenvalue weighted by atomic mass is 32.2. The molecule has 0 bridgehead atoms. The molecule has 0 spiro atoms. The molecule has 156 valence electrons. The molecule has 0 aliphatic rings. The van der Waals surface area contributed by atoms with Crippen LogP contribution >= 0.6 is 0 Å². The van der Waals surface area contributed by atoms with Gasteiger partial charge in [0.05, 0.1) is 4.90 Å². The molecule has 3 nitrogen and oxygen atoms in total. The minimum atomic E-state index is -4.17. The Kier molecular flexibility index (Phi) is 10.0. The van der Waals surface area contributed by atoms with Crippen molar-refractivity contribution < 1.29 is 13.0 Å². The molecule has 0 amide bonds. The fourth-order valence-electron chi connectivity index (χ4n) is 3.87. The van der Waals surface area contributed by atoms with E-state index in [2.05, 4.69) is 6.92 Å². The number of benzene rings is 2. The van der Waals surface area contributed by atoms with Crippen LogP contribution < -0.4 is 0 Å². The van der Waals surface area contributed by atoms with Gasteiger partial charge in [-0.15, -0.1) is 0 Å². The maximum Gasteiger partial charge on any atom is 0.294 e. The van der Waals surface area contributed by atoms with E-state index in [1.807, 2.05) is 24.3 Å². The zero-order chi connectivity index (χ0) is 20.2. The van der Waals surface area contributed by atoms with Crippen LogP contribution in [0.25, 0.3) is 10.8 Å². The molecule has 28 heavy (non-hydrogen) atoms. The molecule has 2 aromatic rings. The summed E-state index contributed by atoms with van der Waals surface area (Å²) in [6, 6.07) is 11.0. The smallest absolute Gasteiger partial charge is 0.282 e. The lowest BCUT2D eigenvalue weighted by atomic mass is 9.99. The topological polar surface area (TPSA) is 54.4 Å². The summed E-state index contributed by atoms with van der Waals surface area (Å²) in [6.45, 7) is 2.26. The Balaban J connectivity index is 1.71. The van der Waals surface area contributed by atoms with Crippen LogP contribution in [0.2, 0.25) is 0 Å². The Bertz CT molecular complexity index is 812. The van der Waals surface area contributed by atoms with Crippen LogP contribution in [0.1, 0.15) is 89.5 Å². The van der Waals surface area contributed by atoms with E-state index in [4.69, 9.17) is 0 Å². The SMILES string of the molecule is CCCCCCCCCCCCCCc1cc(S(=O)(=O)O)cc2ccccc12. The fourth-order valence-corrected chi connectivity index (χ4v) is 4.44. The van der Waals surface area contributed by atoms with Crippen molar-refractivity contribution in [3.8, 4) is 0 Å². The van der Waals surface area contributed by atoms with Crippen molar-refractivity contribution in [2.24, 2.45) is 0 Å². The van der Waals surface area contributed by atoms with Crippen molar-refractivity contribution in [1.82, 2.24) is 0 Å². The van der Waals surface area contributed by atoms with Gasteiger partial charge in [0.25, 0.3) is 10.1 Å². The number of aryl methyl sites for hydroxylation is 1. The van der Waals surface area contributed by atoms with Crippen LogP contribution in [0, 0.1) is 0 Å². The monoisotopic (exact) mass is 404 g/mol. The lowest BCUT2D eigenvalue weighted by Crippen LogP contribution is -2.00. The van der Waals surface area contributed by atoms with Gasteiger partial charge in [-0.3, -0.25) is 4.55 Å². The Morgan fingerprint density at radius 3 is 1.86 bits per heavy atom. The number of fused-ring (bicyclic) bond motifs is 1. The van der Waals surface area contributed by atoms with Gasteiger partial charge in [0, 0.05) is 0 Å². The summed E-state index contributed by atoms with van der Waals surface area (Å²) in [5.41, 5.74) is 1.01. The lowest BCUT2D eigenvalue weighted by Gasteiger charge is -2.09. The number of hydrogen-bond acceptors (Lipinski definition) is 2. The van der Waals surface area contributed by atoms with E-state index in [9.17, 15) is 13.0 Å². The van der Waals surface area contributed by atoms with E-state index in [0.717, 1.165) is 29.2 Å². The average molecular weight is 405 g/mol. The summed E-state index contributed by atoms with van der Waals surface area (Å²) in [4.78, 5) is 0.000127. The number of rotatable bonds is 14. The van der Waals surface area contributed by atoms with Crippen molar-refractivity contribution in [3.05, 3.63) is 42.0 Å². The molecule has 0 saturated heterocycles. The Labute approximate surface area is 171 Å². The van der Waals surface area contributed by atoms with E-state index in [0.29, 0.717) is 0 Å². The van der Waals surface area contributed by atoms with Crippen molar-refractivity contribution >= 4 is 20.9 Å². The summed E-state index contributed by atoms with van der Waals surface area (Å²) in [6.07, 6.45) is 16.5. The normalized spacial score (nSPS) is 11.9. The minimum Gasteiger partial charge on any atom is -0.282 e. The van der Waals surface area contributed by atoms with Crippen LogP contribution in [0.3, 0.4) is 0 Å². The predicted molar refractivity (Wildman–Crippen MR) is 119 cm³/mol. The van der Waals surface area contributed by atoms with Gasteiger partial charge in [0.2, 0.25) is 0 Å². The van der Waals surface area contributed by atoms with Gasteiger partial charge in [0.15, 0.2) is 0 Å². The molecule has 0 aliphatic heterocycles. The molecule has 0 aliphatic carbocycles. The zero-order valence-electron chi connectivity index (χ0n) is 17.3. The van der Waals surface area contributed by atoms with Crippen LogP contribution in [0.4, 0.5) is 0 Å². The highest BCUT2D eigenvalue weighted by molar-refractivity contribution is 7.85. The van der Waals surface area contributed by atoms with E-state index in [1.54, 1.807) is 12.1 Å². The van der Waals surface area contributed by atoms with Gasteiger partial charge in [-0.1, -0.05) is 102 Å². The Hall–Kier alpha value is -1.39. The second-order valence-corrected chi connectivity index (χ2v) is 9.34. The van der Waals surface area contributed by atoms with E-state index < -0.39 is 10.1 Å².